The van der Waals surface area contributed by atoms with Crippen molar-refractivity contribution in [3.63, 3.8) is 0 Å². The van der Waals surface area contributed by atoms with Crippen molar-refractivity contribution < 1.29 is 14.0 Å². The van der Waals surface area contributed by atoms with E-state index in [2.05, 4.69) is 41.5 Å². The van der Waals surface area contributed by atoms with Gasteiger partial charge < -0.3 is 14.1 Å². The number of hydrogen-bond acceptors (Lipinski definition) is 3. The number of amides is 1. The van der Waals surface area contributed by atoms with E-state index in [0.29, 0.717) is 29.0 Å². The van der Waals surface area contributed by atoms with Crippen molar-refractivity contribution in [1.29, 1.82) is 0 Å². The molecule has 2 rings (SSSR count). The van der Waals surface area contributed by atoms with Gasteiger partial charge in [0.1, 0.15) is 5.75 Å². The lowest BCUT2D eigenvalue weighted by molar-refractivity contribution is -0.121. The minimum atomic E-state index is -1.82. The molecule has 28 heavy (non-hydrogen) atoms. The summed E-state index contributed by atoms with van der Waals surface area (Å²) < 4.78 is 12.2. The molecule has 0 unspecified atom stereocenters. The summed E-state index contributed by atoms with van der Waals surface area (Å²) >= 11 is 5.96. The quantitative estimate of drug-likeness (QED) is 0.257. The number of fused-ring (bicyclic) bond motifs is 1. The summed E-state index contributed by atoms with van der Waals surface area (Å²) in [5.41, 5.74) is 3.61. The van der Waals surface area contributed by atoms with Crippen molar-refractivity contribution in [2.45, 2.75) is 76.9 Å². The number of halogens is 1. The second-order valence-corrected chi connectivity index (χ2v) is 14.4. The Morgan fingerprint density at radius 1 is 1.11 bits per heavy atom. The molecule has 0 aromatic heterocycles. The Labute approximate surface area is 176 Å². The minimum Gasteiger partial charge on any atom is -0.482 e. The second-order valence-electron chi connectivity index (χ2n) is 8.64. The molecule has 1 heterocycles. The summed E-state index contributed by atoms with van der Waals surface area (Å²) in [5.74, 6) is 1.20. The van der Waals surface area contributed by atoms with Gasteiger partial charge in [-0.1, -0.05) is 47.6 Å². The summed E-state index contributed by atoms with van der Waals surface area (Å²) in [6, 6.07) is 5.81. The first-order valence-electron chi connectivity index (χ1n) is 10.5. The van der Waals surface area contributed by atoms with Crippen LogP contribution >= 0.6 is 11.6 Å². The van der Waals surface area contributed by atoms with Gasteiger partial charge in [-0.2, -0.15) is 0 Å². The average molecular weight is 426 g/mol. The third-order valence-electron chi connectivity index (χ3n) is 5.96. The van der Waals surface area contributed by atoms with Crippen molar-refractivity contribution in [3.05, 3.63) is 23.8 Å². The van der Waals surface area contributed by atoms with Crippen LogP contribution in [0.15, 0.2) is 18.2 Å². The molecule has 0 saturated heterocycles. The zero-order valence-corrected chi connectivity index (χ0v) is 20.0. The van der Waals surface area contributed by atoms with E-state index in [1.807, 2.05) is 23.1 Å². The van der Waals surface area contributed by atoms with Gasteiger partial charge in [-0.3, -0.25) is 4.79 Å². The van der Waals surface area contributed by atoms with E-state index in [-0.39, 0.29) is 12.5 Å². The highest BCUT2D eigenvalue weighted by molar-refractivity contribution is 6.77. The molecule has 0 atom stereocenters. The molecule has 0 fully saturated rings. The molecule has 1 aliphatic heterocycles. The molecule has 158 valence electrons. The van der Waals surface area contributed by atoms with Gasteiger partial charge in [-0.15, -0.1) is 11.6 Å². The summed E-state index contributed by atoms with van der Waals surface area (Å²) in [6.45, 7) is 15.4. The summed E-state index contributed by atoms with van der Waals surface area (Å²) in [6.07, 6.45) is 1.87. The highest BCUT2D eigenvalue weighted by atomic mass is 35.5. The number of carbonyl (C=O) groups excluding carboxylic acids is 1. The largest absolute Gasteiger partial charge is 0.482 e. The highest BCUT2D eigenvalue weighted by Crippen LogP contribution is 2.42. The van der Waals surface area contributed by atoms with Crippen molar-refractivity contribution in [2.24, 2.45) is 0 Å². The molecule has 1 aliphatic rings. The first-order valence-corrected chi connectivity index (χ1v) is 13.2. The molecule has 0 bridgehead atoms. The van der Waals surface area contributed by atoms with Crippen molar-refractivity contribution in [1.82, 2.24) is 0 Å². The second kappa shape index (κ2) is 10.1. The van der Waals surface area contributed by atoms with Gasteiger partial charge >= 0.3 is 0 Å². The fourth-order valence-electron chi connectivity index (χ4n) is 4.70. The first kappa shape index (κ1) is 23.2. The first-order chi connectivity index (χ1) is 13.2. The van der Waals surface area contributed by atoms with Gasteiger partial charge in [-0.25, -0.2) is 0 Å². The van der Waals surface area contributed by atoms with Crippen LogP contribution in [0.2, 0.25) is 16.6 Å². The van der Waals surface area contributed by atoms with E-state index < -0.39 is 8.32 Å². The molecule has 0 N–H and O–H groups in total. The van der Waals surface area contributed by atoms with Gasteiger partial charge in [0.05, 0.1) is 5.69 Å². The monoisotopic (exact) mass is 425 g/mol. The third kappa shape index (κ3) is 4.92. The maximum absolute atomic E-state index is 12.4. The van der Waals surface area contributed by atoms with E-state index in [1.54, 1.807) is 0 Å². The molecule has 6 heteroatoms. The molecule has 1 aromatic rings. The number of benzene rings is 1. The standard InChI is InChI=1S/C22H36ClNO3Si/c1-16(2)28(17(3)4,18(5)6)27-12-8-7-11-24-20-13-19(14-23)9-10-21(20)26-15-22(24)25/h9-10,13,16-18H,7-8,11-12,14-15H2,1-6H3. The van der Waals surface area contributed by atoms with Crippen LogP contribution in [0, 0.1) is 0 Å². The normalized spacial score (nSPS) is 14.8. The number of anilines is 1. The lowest BCUT2D eigenvalue weighted by Crippen LogP contribution is -2.48. The molecule has 0 radical (unpaired) electrons. The van der Waals surface area contributed by atoms with Crippen molar-refractivity contribution in [2.75, 3.05) is 24.7 Å². The van der Waals surface area contributed by atoms with Gasteiger partial charge in [-0.05, 0) is 47.2 Å². The van der Waals surface area contributed by atoms with E-state index >= 15 is 0 Å². The Balaban J connectivity index is 1.96. The van der Waals surface area contributed by atoms with Crippen LogP contribution in [0.25, 0.3) is 0 Å². The lowest BCUT2D eigenvalue weighted by atomic mass is 10.1. The van der Waals surface area contributed by atoms with Crippen LogP contribution in [0.4, 0.5) is 5.69 Å². The summed E-state index contributed by atoms with van der Waals surface area (Å²) in [7, 11) is -1.82. The van der Waals surface area contributed by atoms with Crippen LogP contribution in [0.1, 0.15) is 59.9 Å². The fourth-order valence-corrected chi connectivity index (χ4v) is 10.4. The maximum Gasteiger partial charge on any atom is 0.265 e. The summed E-state index contributed by atoms with van der Waals surface area (Å²) in [5, 5.41) is 0. The van der Waals surface area contributed by atoms with Gasteiger partial charge in [0.25, 0.3) is 5.91 Å². The molecule has 0 spiro atoms. The molecule has 0 aliphatic carbocycles. The minimum absolute atomic E-state index is 0.00963. The number of rotatable bonds is 10. The molecular formula is C22H36ClNO3Si. The van der Waals surface area contributed by atoms with Crippen LogP contribution < -0.4 is 9.64 Å². The number of unbranched alkanes of at least 4 members (excludes halogenated alkanes) is 1. The van der Waals surface area contributed by atoms with Crippen molar-refractivity contribution in [3.8, 4) is 5.75 Å². The van der Waals surface area contributed by atoms with Gasteiger partial charge in [0.2, 0.25) is 0 Å². The smallest absolute Gasteiger partial charge is 0.265 e. The molecule has 1 amide bonds. The number of carbonyl (C=O) groups is 1. The zero-order valence-electron chi connectivity index (χ0n) is 18.3. The van der Waals surface area contributed by atoms with Crippen LogP contribution in [-0.4, -0.2) is 34.0 Å². The third-order valence-corrected chi connectivity index (χ3v) is 12.4. The van der Waals surface area contributed by atoms with E-state index in [0.717, 1.165) is 36.4 Å². The number of alkyl halides is 1. The Hall–Kier alpha value is -1.04. The van der Waals surface area contributed by atoms with E-state index in [1.165, 1.54) is 0 Å². The Morgan fingerprint density at radius 3 is 2.32 bits per heavy atom. The highest BCUT2D eigenvalue weighted by Gasteiger charge is 2.44. The predicted molar refractivity (Wildman–Crippen MR) is 120 cm³/mol. The number of ether oxygens (including phenoxy) is 1. The Morgan fingerprint density at radius 2 is 1.75 bits per heavy atom. The Kier molecular flexibility index (Phi) is 8.40. The molecular weight excluding hydrogens is 390 g/mol. The van der Waals surface area contributed by atoms with Crippen molar-refractivity contribution >= 4 is 31.5 Å². The summed E-state index contributed by atoms with van der Waals surface area (Å²) in [4.78, 5) is 14.2. The number of hydrogen-bond donors (Lipinski definition) is 0. The molecule has 1 aromatic carbocycles. The topological polar surface area (TPSA) is 38.8 Å². The fraction of sp³-hybridized carbons (Fsp3) is 0.682. The predicted octanol–water partition coefficient (Wildman–Crippen LogP) is 6.12. The van der Waals surface area contributed by atoms with E-state index in [4.69, 9.17) is 20.8 Å². The molecule has 4 nitrogen and oxygen atoms in total. The van der Waals surface area contributed by atoms with Crippen LogP contribution in [0.5, 0.6) is 5.75 Å². The Bertz CT molecular complexity index is 641. The number of nitrogens with zero attached hydrogens (tertiary/aromatic N) is 1. The average Bonchev–Trinajstić information content (AvgIpc) is 2.64. The van der Waals surface area contributed by atoms with Crippen LogP contribution in [0.3, 0.4) is 0 Å². The van der Waals surface area contributed by atoms with E-state index in [9.17, 15) is 4.79 Å². The lowest BCUT2D eigenvalue weighted by Gasteiger charge is -2.42. The van der Waals surface area contributed by atoms with Gasteiger partial charge in [0.15, 0.2) is 14.9 Å². The van der Waals surface area contributed by atoms with Crippen LogP contribution in [-0.2, 0) is 15.1 Å². The molecule has 0 saturated carbocycles. The SMILES string of the molecule is CC(C)[Si](OCCCCN1C(=O)COc2ccc(CCl)cc21)(C(C)C)C(C)C. The maximum atomic E-state index is 12.4. The zero-order chi connectivity index (χ0) is 20.9. The van der Waals surface area contributed by atoms with Gasteiger partial charge in [0, 0.05) is 19.0 Å².